The van der Waals surface area contributed by atoms with E-state index in [2.05, 4.69) is 12.2 Å². The maximum absolute atomic E-state index is 2.93. The molecule has 0 saturated heterocycles. The summed E-state index contributed by atoms with van der Waals surface area (Å²) in [6, 6.07) is 0. The van der Waals surface area contributed by atoms with Crippen LogP contribution in [-0.4, -0.2) is 31.2 Å². The molecule has 0 aliphatic heterocycles. The molecule has 0 atom stereocenters. The van der Waals surface area contributed by atoms with Crippen LogP contribution in [0.4, 0.5) is 0 Å². The third-order valence-corrected chi connectivity index (χ3v) is 0.354. The summed E-state index contributed by atoms with van der Waals surface area (Å²) in [5.41, 5.74) is 0. The fourth-order valence-corrected chi connectivity index (χ4v) is 0. The van der Waals surface area contributed by atoms with Crippen LogP contribution in [0.1, 0.15) is 6.92 Å². The second-order valence-corrected chi connectivity index (χ2v) is 0.707. The molecule has 0 unspecified atom stereocenters. The van der Waals surface area contributed by atoms with E-state index in [1.807, 2.05) is 7.05 Å². The van der Waals surface area contributed by atoms with Crippen LogP contribution in [0.15, 0.2) is 0 Å². The number of hydrogen-bond acceptors (Lipinski definition) is 1. The van der Waals surface area contributed by atoms with Crippen LogP contribution in [0.2, 0.25) is 0 Å². The van der Waals surface area contributed by atoms with Crippen LogP contribution in [0, 0.1) is 0 Å². The zero-order chi connectivity index (χ0) is 3.41. The Kier molecular flexibility index (Phi) is 16.0. The van der Waals surface area contributed by atoms with E-state index in [9.17, 15) is 0 Å². The molecule has 1 N–H and O–H groups in total. The molecule has 0 radical (unpaired) electrons. The van der Waals surface area contributed by atoms with E-state index in [1.165, 1.54) is 0 Å². The van der Waals surface area contributed by atoms with Crippen LogP contribution < -0.4 is 5.32 Å². The first-order valence-electron chi connectivity index (χ1n) is 1.56. The SMILES string of the molecule is CCNC.[GeH4]. The molecular weight excluding hydrogens is 123 g/mol. The monoisotopic (exact) mass is 137 g/mol. The summed E-state index contributed by atoms with van der Waals surface area (Å²) in [5.74, 6) is 0. The van der Waals surface area contributed by atoms with Crippen molar-refractivity contribution in [2.24, 2.45) is 0 Å². The van der Waals surface area contributed by atoms with Gasteiger partial charge in [-0.3, -0.25) is 0 Å². The molecule has 0 amide bonds. The van der Waals surface area contributed by atoms with Gasteiger partial charge in [-0.25, -0.2) is 0 Å². The summed E-state index contributed by atoms with van der Waals surface area (Å²) in [4.78, 5) is 0. The van der Waals surface area contributed by atoms with E-state index < -0.39 is 0 Å². The van der Waals surface area contributed by atoms with Crippen LogP contribution in [0.25, 0.3) is 0 Å². The molecule has 0 heterocycles. The molecule has 2 heteroatoms. The third kappa shape index (κ3) is 12.5. The van der Waals surface area contributed by atoms with E-state index >= 15 is 0 Å². The fraction of sp³-hybridized carbons (Fsp3) is 1.00. The Morgan fingerprint density at radius 1 is 1.60 bits per heavy atom. The molecule has 5 heavy (non-hydrogen) atoms. The van der Waals surface area contributed by atoms with Gasteiger partial charge in [-0.1, -0.05) is 6.92 Å². The van der Waals surface area contributed by atoms with Crippen LogP contribution in [0.5, 0.6) is 0 Å². The van der Waals surface area contributed by atoms with Gasteiger partial charge < -0.3 is 5.32 Å². The standard InChI is InChI=1S/C3H9N.GeH4/c1-3-4-2;/h4H,3H2,1-2H3;1H4. The van der Waals surface area contributed by atoms with E-state index in [1.54, 1.807) is 0 Å². The first kappa shape index (κ1) is 9.09. The Bertz CT molecular complexity index is 8.85. The van der Waals surface area contributed by atoms with E-state index in [0.29, 0.717) is 0 Å². The molecule has 0 aromatic carbocycles. The third-order valence-electron chi connectivity index (χ3n) is 0.354. The summed E-state index contributed by atoms with van der Waals surface area (Å²) in [5, 5.41) is 2.93. The van der Waals surface area contributed by atoms with Crippen molar-refractivity contribution in [3.63, 3.8) is 0 Å². The number of rotatable bonds is 1. The van der Waals surface area contributed by atoms with Gasteiger partial charge >= 0.3 is 17.6 Å². The summed E-state index contributed by atoms with van der Waals surface area (Å²) >= 11 is 0. The Labute approximate surface area is 44.1 Å². The zero-order valence-electron chi connectivity index (χ0n) is 3.21. The molecule has 0 aromatic rings. The molecule has 1 nitrogen and oxygen atoms in total. The maximum atomic E-state index is 2.93. The Balaban J connectivity index is 0. The quantitative estimate of drug-likeness (QED) is 0.445. The second-order valence-electron chi connectivity index (χ2n) is 0.707. The van der Waals surface area contributed by atoms with Gasteiger partial charge in [0.1, 0.15) is 0 Å². The van der Waals surface area contributed by atoms with Gasteiger partial charge in [-0.05, 0) is 13.6 Å². The molecule has 0 fully saturated rings. The van der Waals surface area contributed by atoms with Crippen molar-refractivity contribution < 1.29 is 0 Å². The fourth-order valence-electron chi connectivity index (χ4n) is 0. The van der Waals surface area contributed by atoms with Crippen molar-refractivity contribution in [2.45, 2.75) is 6.92 Å². The molecular formula is C3H13GeN. The van der Waals surface area contributed by atoms with E-state index in [0.717, 1.165) is 6.54 Å². The molecule has 0 saturated carbocycles. The van der Waals surface area contributed by atoms with Gasteiger partial charge in [0, 0.05) is 0 Å². The van der Waals surface area contributed by atoms with Gasteiger partial charge in [0.05, 0.1) is 0 Å². The molecule has 0 aliphatic rings. The van der Waals surface area contributed by atoms with Crippen molar-refractivity contribution in [3.05, 3.63) is 0 Å². The molecule has 34 valence electrons. The van der Waals surface area contributed by atoms with Gasteiger partial charge in [0.2, 0.25) is 0 Å². The first-order valence-corrected chi connectivity index (χ1v) is 1.56. The van der Waals surface area contributed by atoms with Crippen molar-refractivity contribution in [2.75, 3.05) is 13.6 Å². The average Bonchev–Trinajstić information content (AvgIpc) is 1.37. The normalized spacial score (nSPS) is 6.00. The van der Waals surface area contributed by atoms with E-state index in [4.69, 9.17) is 0 Å². The summed E-state index contributed by atoms with van der Waals surface area (Å²) in [6.07, 6.45) is 0. The summed E-state index contributed by atoms with van der Waals surface area (Å²) < 4.78 is 0. The topological polar surface area (TPSA) is 12.0 Å². The summed E-state index contributed by atoms with van der Waals surface area (Å²) in [7, 11) is 1.93. The molecule has 0 aliphatic carbocycles. The van der Waals surface area contributed by atoms with Crippen molar-refractivity contribution in [1.29, 1.82) is 0 Å². The molecule has 0 spiro atoms. The molecule has 0 bridgehead atoms. The minimum atomic E-state index is 0. The van der Waals surface area contributed by atoms with E-state index in [-0.39, 0.29) is 17.6 Å². The van der Waals surface area contributed by atoms with Crippen LogP contribution in [0.3, 0.4) is 0 Å². The van der Waals surface area contributed by atoms with Gasteiger partial charge in [0.25, 0.3) is 0 Å². The predicted molar refractivity (Wildman–Crippen MR) is 30.9 cm³/mol. The second kappa shape index (κ2) is 8.82. The average molecular weight is 136 g/mol. The minimum absolute atomic E-state index is 0. The molecule has 0 aromatic heterocycles. The summed E-state index contributed by atoms with van der Waals surface area (Å²) in [6.45, 7) is 3.14. The van der Waals surface area contributed by atoms with Crippen molar-refractivity contribution >= 4 is 17.6 Å². The Morgan fingerprint density at radius 2 is 1.80 bits per heavy atom. The predicted octanol–water partition coefficient (Wildman–Crippen LogP) is -1.23. The Hall–Kier alpha value is 0.503. The zero-order valence-corrected chi connectivity index (χ0v) is 3.21. The van der Waals surface area contributed by atoms with Crippen LogP contribution >= 0.6 is 0 Å². The van der Waals surface area contributed by atoms with Crippen molar-refractivity contribution in [3.8, 4) is 0 Å². The van der Waals surface area contributed by atoms with Gasteiger partial charge in [-0.15, -0.1) is 0 Å². The Morgan fingerprint density at radius 3 is 1.80 bits per heavy atom. The van der Waals surface area contributed by atoms with Gasteiger partial charge in [0.15, 0.2) is 0 Å². The van der Waals surface area contributed by atoms with Crippen LogP contribution in [-0.2, 0) is 0 Å². The molecule has 0 rings (SSSR count). The first-order chi connectivity index (χ1) is 1.91. The van der Waals surface area contributed by atoms with Crippen molar-refractivity contribution in [1.82, 2.24) is 5.32 Å². The number of hydrogen-bond donors (Lipinski definition) is 1. The van der Waals surface area contributed by atoms with Gasteiger partial charge in [-0.2, -0.15) is 0 Å². The number of nitrogens with one attached hydrogen (secondary N) is 1.